The van der Waals surface area contributed by atoms with Crippen molar-refractivity contribution in [3.05, 3.63) is 34.3 Å². The van der Waals surface area contributed by atoms with E-state index >= 15 is 0 Å². The number of aryl methyl sites for hydroxylation is 1. The number of rotatable bonds is 1. The van der Waals surface area contributed by atoms with Gasteiger partial charge in [-0.2, -0.15) is 0 Å². The molecule has 0 radical (unpaired) electrons. The van der Waals surface area contributed by atoms with Gasteiger partial charge in [-0.1, -0.05) is 44.0 Å². The lowest BCUT2D eigenvalue weighted by molar-refractivity contribution is 0.151. The van der Waals surface area contributed by atoms with Crippen LogP contribution >= 0.6 is 11.6 Å². The van der Waals surface area contributed by atoms with Gasteiger partial charge in [0.25, 0.3) is 0 Å². The van der Waals surface area contributed by atoms with Crippen molar-refractivity contribution in [3.63, 3.8) is 0 Å². The molecular formula is C15H22ClN. The van der Waals surface area contributed by atoms with Gasteiger partial charge in [-0.05, 0) is 48.8 Å². The SMILES string of the molecule is Cc1ccc(C2(N)CCCC(C)(C)C2)cc1Cl. The van der Waals surface area contributed by atoms with Crippen LogP contribution in [0, 0.1) is 12.3 Å². The highest BCUT2D eigenvalue weighted by Crippen LogP contribution is 2.45. The van der Waals surface area contributed by atoms with E-state index in [1.807, 2.05) is 6.92 Å². The van der Waals surface area contributed by atoms with Gasteiger partial charge in [-0.15, -0.1) is 0 Å². The first-order chi connectivity index (χ1) is 7.82. The molecule has 1 saturated carbocycles. The van der Waals surface area contributed by atoms with Gasteiger partial charge in [0, 0.05) is 10.6 Å². The summed E-state index contributed by atoms with van der Waals surface area (Å²) in [7, 11) is 0. The quantitative estimate of drug-likeness (QED) is 0.787. The summed E-state index contributed by atoms with van der Waals surface area (Å²) in [5.74, 6) is 0. The van der Waals surface area contributed by atoms with Crippen LogP contribution in [-0.4, -0.2) is 0 Å². The Morgan fingerprint density at radius 1 is 1.24 bits per heavy atom. The zero-order chi connectivity index (χ0) is 12.7. The van der Waals surface area contributed by atoms with Crippen molar-refractivity contribution in [2.75, 3.05) is 0 Å². The van der Waals surface area contributed by atoms with E-state index in [1.54, 1.807) is 0 Å². The van der Waals surface area contributed by atoms with Gasteiger partial charge < -0.3 is 5.73 Å². The molecule has 17 heavy (non-hydrogen) atoms. The molecule has 1 aromatic carbocycles. The van der Waals surface area contributed by atoms with E-state index in [0.717, 1.165) is 23.4 Å². The van der Waals surface area contributed by atoms with Gasteiger partial charge in [-0.3, -0.25) is 0 Å². The standard InChI is InChI=1S/C15H22ClN/c1-11-5-6-12(9-13(11)16)15(17)8-4-7-14(2,3)10-15/h5-6,9H,4,7-8,10,17H2,1-3H3. The molecule has 0 amide bonds. The fourth-order valence-corrected chi connectivity index (χ4v) is 3.24. The molecule has 2 rings (SSSR count). The summed E-state index contributed by atoms with van der Waals surface area (Å²) < 4.78 is 0. The van der Waals surface area contributed by atoms with Gasteiger partial charge in [0.05, 0.1) is 0 Å². The minimum atomic E-state index is -0.195. The molecule has 2 heteroatoms. The molecule has 1 unspecified atom stereocenters. The van der Waals surface area contributed by atoms with Crippen LogP contribution in [-0.2, 0) is 5.54 Å². The van der Waals surface area contributed by atoms with Crippen LogP contribution in [0.4, 0.5) is 0 Å². The predicted octanol–water partition coefficient (Wildman–Crippen LogP) is 4.40. The maximum absolute atomic E-state index is 6.62. The first-order valence-corrected chi connectivity index (χ1v) is 6.76. The lowest BCUT2D eigenvalue weighted by atomic mass is 9.66. The number of nitrogens with two attached hydrogens (primary N) is 1. The summed E-state index contributed by atoms with van der Waals surface area (Å²) in [5, 5.41) is 0.829. The van der Waals surface area contributed by atoms with Gasteiger partial charge in [-0.25, -0.2) is 0 Å². The van der Waals surface area contributed by atoms with Crippen LogP contribution in [0.1, 0.15) is 50.7 Å². The van der Waals surface area contributed by atoms with Crippen molar-refractivity contribution in [2.24, 2.45) is 11.1 Å². The molecule has 1 atom stereocenters. The Kier molecular flexibility index (Phi) is 3.26. The Morgan fingerprint density at radius 3 is 2.53 bits per heavy atom. The fourth-order valence-electron chi connectivity index (χ4n) is 3.06. The average molecular weight is 252 g/mol. The maximum atomic E-state index is 6.62. The molecule has 0 bridgehead atoms. The van der Waals surface area contributed by atoms with Gasteiger partial charge >= 0.3 is 0 Å². The van der Waals surface area contributed by atoms with Crippen LogP contribution in [0.3, 0.4) is 0 Å². The summed E-state index contributed by atoms with van der Waals surface area (Å²) in [4.78, 5) is 0. The number of halogens is 1. The first kappa shape index (κ1) is 12.9. The van der Waals surface area contributed by atoms with E-state index in [9.17, 15) is 0 Å². The Hall–Kier alpha value is -0.530. The van der Waals surface area contributed by atoms with E-state index < -0.39 is 0 Å². The molecule has 1 aromatic rings. The largest absolute Gasteiger partial charge is 0.321 e. The molecular weight excluding hydrogens is 230 g/mol. The van der Waals surface area contributed by atoms with E-state index in [1.165, 1.54) is 18.4 Å². The Morgan fingerprint density at radius 2 is 1.94 bits per heavy atom. The highest BCUT2D eigenvalue weighted by molar-refractivity contribution is 6.31. The zero-order valence-corrected chi connectivity index (χ0v) is 11.8. The smallest absolute Gasteiger partial charge is 0.0438 e. The van der Waals surface area contributed by atoms with Crippen molar-refractivity contribution in [2.45, 2.75) is 52.0 Å². The lowest BCUT2D eigenvalue weighted by Gasteiger charge is -2.43. The zero-order valence-electron chi connectivity index (χ0n) is 11.0. The maximum Gasteiger partial charge on any atom is 0.0438 e. The van der Waals surface area contributed by atoms with Gasteiger partial charge in [0.15, 0.2) is 0 Å². The highest BCUT2D eigenvalue weighted by Gasteiger charge is 2.38. The average Bonchev–Trinajstić information content (AvgIpc) is 2.20. The Balaban J connectivity index is 2.34. The van der Waals surface area contributed by atoms with Gasteiger partial charge in [0.2, 0.25) is 0 Å². The third-order valence-corrected chi connectivity index (χ3v) is 4.42. The van der Waals surface area contributed by atoms with Crippen LogP contribution in [0.15, 0.2) is 18.2 Å². The van der Waals surface area contributed by atoms with Crippen molar-refractivity contribution >= 4 is 11.6 Å². The molecule has 0 heterocycles. The molecule has 1 nitrogen and oxygen atoms in total. The fraction of sp³-hybridized carbons (Fsp3) is 0.600. The second-order valence-electron chi connectivity index (χ2n) is 6.31. The van der Waals surface area contributed by atoms with Crippen molar-refractivity contribution in [1.29, 1.82) is 0 Å². The second-order valence-corrected chi connectivity index (χ2v) is 6.72. The molecule has 0 aromatic heterocycles. The Bertz CT molecular complexity index is 425. The monoisotopic (exact) mass is 251 g/mol. The minimum absolute atomic E-state index is 0.195. The Labute approximate surface area is 109 Å². The van der Waals surface area contributed by atoms with Crippen molar-refractivity contribution in [1.82, 2.24) is 0 Å². The third kappa shape index (κ3) is 2.66. The summed E-state index contributed by atoms with van der Waals surface area (Å²) in [5.41, 5.74) is 9.07. The molecule has 1 fully saturated rings. The van der Waals surface area contributed by atoms with E-state index in [4.69, 9.17) is 17.3 Å². The van der Waals surface area contributed by atoms with Crippen LogP contribution in [0.5, 0.6) is 0 Å². The second kappa shape index (κ2) is 4.29. The number of hydrogen-bond donors (Lipinski definition) is 1. The van der Waals surface area contributed by atoms with Gasteiger partial charge in [0.1, 0.15) is 0 Å². The van der Waals surface area contributed by atoms with E-state index in [2.05, 4.69) is 32.0 Å². The molecule has 0 saturated heterocycles. The van der Waals surface area contributed by atoms with Crippen LogP contribution in [0.25, 0.3) is 0 Å². The summed E-state index contributed by atoms with van der Waals surface area (Å²) in [6.07, 6.45) is 4.58. The lowest BCUT2D eigenvalue weighted by Crippen LogP contribution is -2.44. The molecule has 2 N–H and O–H groups in total. The third-order valence-electron chi connectivity index (χ3n) is 4.02. The summed E-state index contributed by atoms with van der Waals surface area (Å²) in [6.45, 7) is 6.65. The van der Waals surface area contributed by atoms with Crippen LogP contribution < -0.4 is 5.73 Å². The minimum Gasteiger partial charge on any atom is -0.321 e. The number of benzene rings is 1. The van der Waals surface area contributed by atoms with Crippen LogP contribution in [0.2, 0.25) is 5.02 Å². The molecule has 0 aliphatic heterocycles. The summed E-state index contributed by atoms with van der Waals surface area (Å²) >= 11 is 6.21. The number of hydrogen-bond acceptors (Lipinski definition) is 1. The van der Waals surface area contributed by atoms with Crippen molar-refractivity contribution < 1.29 is 0 Å². The predicted molar refractivity (Wildman–Crippen MR) is 74.3 cm³/mol. The van der Waals surface area contributed by atoms with Crippen molar-refractivity contribution in [3.8, 4) is 0 Å². The van der Waals surface area contributed by atoms with E-state index in [-0.39, 0.29) is 5.54 Å². The molecule has 94 valence electrons. The molecule has 0 spiro atoms. The summed E-state index contributed by atoms with van der Waals surface area (Å²) in [6, 6.07) is 6.27. The normalized spacial score (nSPS) is 28.1. The highest BCUT2D eigenvalue weighted by atomic mass is 35.5. The molecule has 1 aliphatic rings. The molecule has 1 aliphatic carbocycles. The van der Waals surface area contributed by atoms with E-state index in [0.29, 0.717) is 5.41 Å². The first-order valence-electron chi connectivity index (χ1n) is 6.38. The topological polar surface area (TPSA) is 26.0 Å².